The molecule has 0 unspecified atom stereocenters. The van der Waals surface area contributed by atoms with E-state index in [9.17, 15) is 14.0 Å². The number of imide groups is 1. The Kier molecular flexibility index (Phi) is 2.44. The van der Waals surface area contributed by atoms with E-state index in [4.69, 9.17) is 0 Å². The van der Waals surface area contributed by atoms with E-state index >= 15 is 0 Å². The van der Waals surface area contributed by atoms with Crippen LogP contribution in [-0.2, 0) is 4.79 Å². The van der Waals surface area contributed by atoms with Gasteiger partial charge in [0.15, 0.2) is 0 Å². The number of amides is 3. The molecule has 1 aromatic rings. The molecule has 0 atom stereocenters. The van der Waals surface area contributed by atoms with E-state index in [2.05, 4.69) is 5.32 Å². The largest absolute Gasteiger partial charge is 0.328 e. The molecule has 0 aliphatic carbocycles. The van der Waals surface area contributed by atoms with Crippen LogP contribution in [0.15, 0.2) is 30.0 Å². The minimum atomic E-state index is -0.460. The first-order valence-electron chi connectivity index (χ1n) is 4.64. The molecular formula is C11H9FN2O2. The Morgan fingerprint density at radius 1 is 1.25 bits per heavy atom. The number of hydrogen-bond acceptors (Lipinski definition) is 2. The van der Waals surface area contributed by atoms with Gasteiger partial charge in [-0.2, -0.15) is 0 Å². The summed E-state index contributed by atoms with van der Waals surface area (Å²) in [6.45, 7) is 0. The molecule has 0 saturated carbocycles. The second-order valence-electron chi connectivity index (χ2n) is 3.40. The van der Waals surface area contributed by atoms with Gasteiger partial charge in [0.25, 0.3) is 5.91 Å². The van der Waals surface area contributed by atoms with Crippen molar-refractivity contribution in [3.05, 3.63) is 41.3 Å². The van der Waals surface area contributed by atoms with Crippen LogP contribution >= 0.6 is 0 Å². The lowest BCUT2D eigenvalue weighted by molar-refractivity contribution is -0.115. The van der Waals surface area contributed by atoms with E-state index < -0.39 is 11.9 Å². The van der Waals surface area contributed by atoms with Crippen LogP contribution in [-0.4, -0.2) is 23.9 Å². The van der Waals surface area contributed by atoms with E-state index in [0.717, 1.165) is 0 Å². The van der Waals surface area contributed by atoms with Crippen molar-refractivity contribution in [1.82, 2.24) is 10.2 Å². The summed E-state index contributed by atoms with van der Waals surface area (Å²) in [4.78, 5) is 23.7. The van der Waals surface area contributed by atoms with Gasteiger partial charge < -0.3 is 0 Å². The van der Waals surface area contributed by atoms with Crippen LogP contribution < -0.4 is 5.32 Å². The van der Waals surface area contributed by atoms with Crippen molar-refractivity contribution in [3.63, 3.8) is 0 Å². The second-order valence-corrected chi connectivity index (χ2v) is 3.40. The van der Waals surface area contributed by atoms with Crippen molar-refractivity contribution in [1.29, 1.82) is 0 Å². The highest BCUT2D eigenvalue weighted by atomic mass is 19.1. The molecule has 16 heavy (non-hydrogen) atoms. The molecule has 0 spiro atoms. The van der Waals surface area contributed by atoms with Crippen molar-refractivity contribution in [3.8, 4) is 0 Å². The maximum Gasteiger partial charge on any atom is 0.328 e. The third kappa shape index (κ3) is 1.79. The molecule has 1 aromatic carbocycles. The second kappa shape index (κ2) is 3.77. The molecule has 0 bridgehead atoms. The standard InChI is InChI=1S/C11H9FN2O2/c1-14-9(10(15)13-11(14)16)6-7-2-4-8(12)5-3-7/h2-6H,1H3,(H,13,15,16)/b9-6-. The molecule has 82 valence electrons. The third-order valence-corrected chi connectivity index (χ3v) is 2.29. The molecular weight excluding hydrogens is 211 g/mol. The number of hydrogen-bond donors (Lipinski definition) is 1. The zero-order valence-corrected chi connectivity index (χ0v) is 8.53. The maximum absolute atomic E-state index is 12.7. The molecule has 1 aliphatic heterocycles. The van der Waals surface area contributed by atoms with Crippen LogP contribution in [0.25, 0.3) is 6.08 Å². The minimum Gasteiger partial charge on any atom is -0.292 e. The lowest BCUT2D eigenvalue weighted by atomic mass is 10.2. The maximum atomic E-state index is 12.7. The van der Waals surface area contributed by atoms with E-state index in [1.807, 2.05) is 0 Å². The van der Waals surface area contributed by atoms with Gasteiger partial charge in [0, 0.05) is 7.05 Å². The summed E-state index contributed by atoms with van der Waals surface area (Å²) in [5.74, 6) is -0.792. The van der Waals surface area contributed by atoms with E-state index in [1.165, 1.54) is 42.3 Å². The first-order valence-corrected chi connectivity index (χ1v) is 4.64. The first-order chi connectivity index (χ1) is 7.58. The fourth-order valence-electron chi connectivity index (χ4n) is 1.39. The normalized spacial score (nSPS) is 18.1. The number of urea groups is 1. The predicted octanol–water partition coefficient (Wildman–Crippen LogP) is 1.35. The van der Waals surface area contributed by atoms with E-state index in [1.54, 1.807) is 0 Å². The van der Waals surface area contributed by atoms with Crippen molar-refractivity contribution in [2.24, 2.45) is 0 Å². The number of nitrogens with zero attached hydrogens (tertiary/aromatic N) is 1. The highest BCUT2D eigenvalue weighted by Crippen LogP contribution is 2.14. The van der Waals surface area contributed by atoms with Gasteiger partial charge in [0.1, 0.15) is 11.5 Å². The summed E-state index contributed by atoms with van der Waals surface area (Å²) in [7, 11) is 1.50. The lowest BCUT2D eigenvalue weighted by Crippen LogP contribution is -2.24. The third-order valence-electron chi connectivity index (χ3n) is 2.29. The molecule has 3 amide bonds. The summed E-state index contributed by atoms with van der Waals surface area (Å²) in [6.07, 6.45) is 1.53. The van der Waals surface area contributed by atoms with Gasteiger partial charge in [-0.05, 0) is 23.8 Å². The van der Waals surface area contributed by atoms with Gasteiger partial charge in [-0.25, -0.2) is 9.18 Å². The Bertz CT molecular complexity index is 479. The molecule has 5 heteroatoms. The van der Waals surface area contributed by atoms with Crippen molar-refractivity contribution in [2.75, 3.05) is 7.05 Å². The average molecular weight is 220 g/mol. The first kappa shape index (κ1) is 10.4. The molecule has 2 rings (SSSR count). The van der Waals surface area contributed by atoms with Crippen molar-refractivity contribution < 1.29 is 14.0 Å². The molecule has 4 nitrogen and oxygen atoms in total. The number of rotatable bonds is 1. The lowest BCUT2D eigenvalue weighted by Gasteiger charge is -2.06. The Morgan fingerprint density at radius 2 is 1.88 bits per heavy atom. The Balaban J connectivity index is 2.34. The number of carbonyl (C=O) groups excluding carboxylic acids is 2. The van der Waals surface area contributed by atoms with Crippen LogP contribution in [0.5, 0.6) is 0 Å². The Hall–Kier alpha value is -2.17. The van der Waals surface area contributed by atoms with Crippen LogP contribution in [0.1, 0.15) is 5.56 Å². The number of nitrogens with one attached hydrogen (secondary N) is 1. The highest BCUT2D eigenvalue weighted by Gasteiger charge is 2.29. The van der Waals surface area contributed by atoms with Gasteiger partial charge >= 0.3 is 6.03 Å². The van der Waals surface area contributed by atoms with E-state index in [0.29, 0.717) is 5.56 Å². The van der Waals surface area contributed by atoms with Gasteiger partial charge in [-0.15, -0.1) is 0 Å². The molecule has 1 saturated heterocycles. The van der Waals surface area contributed by atoms with Crippen molar-refractivity contribution >= 4 is 18.0 Å². The molecule has 1 heterocycles. The summed E-state index contributed by atoms with van der Waals surface area (Å²) in [6, 6.07) is 5.19. The van der Waals surface area contributed by atoms with Gasteiger partial charge in [-0.1, -0.05) is 12.1 Å². The fraction of sp³-hybridized carbons (Fsp3) is 0.0909. The number of benzene rings is 1. The number of likely N-dealkylation sites (N-methyl/N-ethyl adjacent to an activating group) is 1. The molecule has 0 radical (unpaired) electrons. The topological polar surface area (TPSA) is 49.4 Å². The van der Waals surface area contributed by atoms with Gasteiger partial charge in [-0.3, -0.25) is 15.0 Å². The highest BCUT2D eigenvalue weighted by molar-refractivity contribution is 6.13. The summed E-state index contributed by atoms with van der Waals surface area (Å²) in [5.41, 5.74) is 0.907. The molecule has 0 aromatic heterocycles. The summed E-state index contributed by atoms with van der Waals surface area (Å²) in [5, 5.41) is 2.15. The van der Waals surface area contributed by atoms with Gasteiger partial charge in [0.05, 0.1) is 0 Å². The summed E-state index contributed by atoms with van der Waals surface area (Å²) < 4.78 is 12.7. The average Bonchev–Trinajstić information content (AvgIpc) is 2.48. The summed E-state index contributed by atoms with van der Waals surface area (Å²) >= 11 is 0. The quantitative estimate of drug-likeness (QED) is 0.573. The van der Waals surface area contributed by atoms with Crippen molar-refractivity contribution in [2.45, 2.75) is 0 Å². The van der Waals surface area contributed by atoms with Crippen LogP contribution in [0.3, 0.4) is 0 Å². The molecule has 1 aliphatic rings. The predicted molar refractivity (Wildman–Crippen MR) is 55.7 cm³/mol. The monoisotopic (exact) mass is 220 g/mol. The van der Waals surface area contributed by atoms with Crippen LogP contribution in [0.2, 0.25) is 0 Å². The Morgan fingerprint density at radius 3 is 2.38 bits per heavy atom. The minimum absolute atomic E-state index is 0.247. The van der Waals surface area contributed by atoms with Crippen LogP contribution in [0.4, 0.5) is 9.18 Å². The zero-order valence-electron chi connectivity index (χ0n) is 8.53. The SMILES string of the molecule is CN1C(=O)NC(=O)/C1=C/c1ccc(F)cc1. The van der Waals surface area contributed by atoms with E-state index in [-0.39, 0.29) is 11.5 Å². The number of carbonyl (C=O) groups is 2. The zero-order chi connectivity index (χ0) is 11.7. The van der Waals surface area contributed by atoms with Crippen LogP contribution in [0, 0.1) is 5.82 Å². The number of halogens is 1. The smallest absolute Gasteiger partial charge is 0.292 e. The van der Waals surface area contributed by atoms with Gasteiger partial charge in [0.2, 0.25) is 0 Å². The molecule has 1 fully saturated rings. The molecule has 1 N–H and O–H groups in total. The fourth-order valence-corrected chi connectivity index (χ4v) is 1.39. The Labute approximate surface area is 91.4 Å².